The zero-order valence-corrected chi connectivity index (χ0v) is 21.7. The molecule has 3 aromatic rings. The highest BCUT2D eigenvalue weighted by Gasteiger charge is 2.48. The van der Waals surface area contributed by atoms with Gasteiger partial charge in [0.1, 0.15) is 45.6 Å². The molecular weight excluding hydrogens is 487 g/mol. The van der Waals surface area contributed by atoms with Crippen LogP contribution in [0.15, 0.2) is 54.6 Å². The van der Waals surface area contributed by atoms with Crippen LogP contribution in [0, 0.1) is 0 Å². The molecule has 10 heteroatoms. The first-order valence-corrected chi connectivity index (χ1v) is 12.4. The lowest BCUT2D eigenvalue weighted by Crippen LogP contribution is -2.23. The highest BCUT2D eigenvalue weighted by atomic mass is 31.2. The summed E-state index contributed by atoms with van der Waals surface area (Å²) in [6.45, 7) is 0. The molecule has 0 saturated carbocycles. The average Bonchev–Trinajstić information content (AvgIpc) is 2.94. The maximum absolute atomic E-state index is 15.0. The Labute approximate surface area is 209 Å². The second-order valence-corrected chi connectivity index (χ2v) is 9.85. The Hall–Kier alpha value is -3.97. The third-order valence-corrected chi connectivity index (χ3v) is 8.22. The van der Waals surface area contributed by atoms with Crippen molar-refractivity contribution in [2.75, 3.05) is 42.7 Å². The van der Waals surface area contributed by atoms with Crippen molar-refractivity contribution in [3.8, 4) is 34.5 Å². The van der Waals surface area contributed by atoms with Gasteiger partial charge in [-0.05, 0) is 36.4 Å². The number of ether oxygens (including phenoxy) is 6. The van der Waals surface area contributed by atoms with Gasteiger partial charge in [-0.3, -0.25) is 9.59 Å². The molecule has 0 spiro atoms. The van der Waals surface area contributed by atoms with Crippen molar-refractivity contribution in [2.24, 2.45) is 0 Å². The Bertz CT molecular complexity index is 1220. The quantitative estimate of drug-likeness (QED) is 0.344. The molecule has 0 aliphatic heterocycles. The molecule has 0 heterocycles. The van der Waals surface area contributed by atoms with Crippen LogP contribution in [0.5, 0.6) is 34.5 Å². The van der Waals surface area contributed by atoms with Gasteiger partial charge in [-0.1, -0.05) is 12.1 Å². The van der Waals surface area contributed by atoms with Gasteiger partial charge in [0.05, 0.1) is 48.0 Å². The molecule has 3 aromatic carbocycles. The van der Waals surface area contributed by atoms with Gasteiger partial charge in [0.25, 0.3) is 7.14 Å². The number of hydrogen-bond donors (Lipinski definition) is 0. The molecule has 190 valence electrons. The van der Waals surface area contributed by atoms with Crippen LogP contribution in [0.3, 0.4) is 0 Å². The Morgan fingerprint density at radius 2 is 0.944 bits per heavy atom. The van der Waals surface area contributed by atoms with Gasteiger partial charge < -0.3 is 33.0 Å². The predicted octanol–water partition coefficient (Wildman–Crippen LogP) is 4.41. The molecule has 0 saturated heterocycles. The molecule has 9 nitrogen and oxygen atoms in total. The van der Waals surface area contributed by atoms with Crippen molar-refractivity contribution in [3.63, 3.8) is 0 Å². The normalized spacial score (nSPS) is 10.8. The fourth-order valence-corrected chi connectivity index (χ4v) is 6.24. The van der Waals surface area contributed by atoms with E-state index in [0.717, 1.165) is 0 Å². The van der Waals surface area contributed by atoms with Gasteiger partial charge in [-0.2, -0.15) is 0 Å². The van der Waals surface area contributed by atoms with E-state index >= 15 is 4.57 Å². The third-order valence-electron chi connectivity index (χ3n) is 5.58. The molecule has 0 radical (unpaired) electrons. The molecule has 0 bridgehead atoms. The average molecular weight is 514 g/mol. The Kier molecular flexibility index (Phi) is 8.27. The maximum atomic E-state index is 15.0. The number of hydrogen-bond acceptors (Lipinski definition) is 9. The summed E-state index contributed by atoms with van der Waals surface area (Å²) in [7, 11) is 3.49. The molecule has 3 rings (SSSR count). The standard InChI is InChI=1S/C26H27O9P/c1-30-16-13-14-22(21(15-16)35-6)36(29,25(27)23-17(31-2)9-7-10-18(23)32-3)26(28)24-19(33-4)11-8-12-20(24)34-5/h7-15H,1-6H3. The van der Waals surface area contributed by atoms with E-state index < -0.39 is 18.2 Å². The predicted molar refractivity (Wildman–Crippen MR) is 135 cm³/mol. The van der Waals surface area contributed by atoms with E-state index in [1.54, 1.807) is 12.1 Å². The van der Waals surface area contributed by atoms with E-state index in [1.807, 2.05) is 0 Å². The number of carbonyl (C=O) groups is 2. The van der Waals surface area contributed by atoms with Crippen LogP contribution in [0.1, 0.15) is 20.7 Å². The summed E-state index contributed by atoms with van der Waals surface area (Å²) in [5.74, 6) is 0.770. The van der Waals surface area contributed by atoms with Gasteiger partial charge in [-0.25, -0.2) is 0 Å². The van der Waals surface area contributed by atoms with Gasteiger partial charge in [-0.15, -0.1) is 0 Å². The molecule has 0 N–H and O–H groups in total. The summed E-state index contributed by atoms with van der Waals surface area (Å²) in [5, 5.41) is -0.123. The largest absolute Gasteiger partial charge is 0.497 e. The van der Waals surface area contributed by atoms with Gasteiger partial charge in [0.2, 0.25) is 11.0 Å². The Balaban J connectivity index is 2.44. The van der Waals surface area contributed by atoms with Crippen LogP contribution in [-0.2, 0) is 4.57 Å². The first kappa shape index (κ1) is 26.6. The summed E-state index contributed by atoms with van der Waals surface area (Å²) < 4.78 is 47.2. The second kappa shape index (κ2) is 11.2. The lowest BCUT2D eigenvalue weighted by Gasteiger charge is -2.23. The molecule has 0 aliphatic rings. The van der Waals surface area contributed by atoms with E-state index in [9.17, 15) is 9.59 Å². The van der Waals surface area contributed by atoms with E-state index in [0.29, 0.717) is 5.75 Å². The number of benzene rings is 3. The van der Waals surface area contributed by atoms with Crippen molar-refractivity contribution in [1.82, 2.24) is 0 Å². The first-order chi connectivity index (χ1) is 17.3. The van der Waals surface area contributed by atoms with Crippen molar-refractivity contribution in [2.45, 2.75) is 0 Å². The molecule has 0 atom stereocenters. The summed E-state index contributed by atoms with van der Waals surface area (Å²) >= 11 is 0. The highest BCUT2D eigenvalue weighted by Crippen LogP contribution is 2.57. The minimum atomic E-state index is -4.72. The van der Waals surface area contributed by atoms with Crippen LogP contribution in [-0.4, -0.2) is 53.7 Å². The number of methoxy groups -OCH3 is 6. The third kappa shape index (κ3) is 4.50. The lowest BCUT2D eigenvalue weighted by atomic mass is 10.2. The Morgan fingerprint density at radius 3 is 1.28 bits per heavy atom. The van der Waals surface area contributed by atoms with Crippen molar-refractivity contribution in [3.05, 3.63) is 65.7 Å². The summed E-state index contributed by atoms with van der Waals surface area (Å²) in [6, 6.07) is 13.6. The number of carbonyl (C=O) groups excluding carboxylic acids is 2. The zero-order chi connectivity index (χ0) is 26.5. The van der Waals surface area contributed by atoms with Gasteiger partial charge in [0.15, 0.2) is 0 Å². The monoisotopic (exact) mass is 514 g/mol. The summed E-state index contributed by atoms with van der Waals surface area (Å²) in [5.41, 5.74) is -2.30. The molecule has 36 heavy (non-hydrogen) atoms. The van der Waals surface area contributed by atoms with E-state index in [2.05, 4.69) is 0 Å². The molecule has 0 aromatic heterocycles. The maximum Gasteiger partial charge on any atom is 0.252 e. The topological polar surface area (TPSA) is 107 Å². The lowest BCUT2D eigenvalue weighted by molar-refractivity contribution is 0.103. The molecule has 0 fully saturated rings. The van der Waals surface area contributed by atoms with Crippen LogP contribution < -0.4 is 33.7 Å². The minimum absolute atomic E-state index is 0.0297. The number of rotatable bonds is 11. The minimum Gasteiger partial charge on any atom is -0.497 e. The van der Waals surface area contributed by atoms with Gasteiger partial charge in [0, 0.05) is 6.07 Å². The van der Waals surface area contributed by atoms with E-state index in [1.165, 1.54) is 85.1 Å². The van der Waals surface area contributed by atoms with Crippen LogP contribution in [0.4, 0.5) is 0 Å². The SMILES string of the molecule is COc1ccc(P(=O)(C(=O)c2c(OC)cccc2OC)C(=O)c2c(OC)cccc2OC)c(OC)c1. The van der Waals surface area contributed by atoms with Crippen LogP contribution in [0.2, 0.25) is 0 Å². The van der Waals surface area contributed by atoms with Crippen LogP contribution >= 0.6 is 7.14 Å². The summed E-state index contributed by atoms with van der Waals surface area (Å²) in [4.78, 5) is 28.5. The smallest absolute Gasteiger partial charge is 0.252 e. The first-order valence-electron chi connectivity index (χ1n) is 10.7. The second-order valence-electron chi connectivity index (χ2n) is 7.33. The highest BCUT2D eigenvalue weighted by molar-refractivity contribution is 8.01. The van der Waals surface area contributed by atoms with Crippen molar-refractivity contribution in [1.29, 1.82) is 0 Å². The fraction of sp³-hybridized carbons (Fsp3) is 0.231. The molecular formula is C26H27O9P. The fourth-order valence-electron chi connectivity index (χ4n) is 3.79. The van der Waals surface area contributed by atoms with Gasteiger partial charge >= 0.3 is 0 Å². The summed E-state index contributed by atoms with van der Waals surface area (Å²) in [6.07, 6.45) is 0. The zero-order valence-electron chi connectivity index (χ0n) is 20.8. The molecule has 0 unspecified atom stereocenters. The van der Waals surface area contributed by atoms with Crippen molar-refractivity contribution >= 4 is 23.5 Å². The van der Waals surface area contributed by atoms with E-state index in [4.69, 9.17) is 28.4 Å². The molecule has 0 amide bonds. The Morgan fingerprint density at radius 1 is 0.556 bits per heavy atom. The molecule has 0 aliphatic carbocycles. The van der Waals surface area contributed by atoms with E-state index in [-0.39, 0.29) is 45.2 Å². The van der Waals surface area contributed by atoms with Crippen molar-refractivity contribution < 1.29 is 42.6 Å². The van der Waals surface area contributed by atoms with Crippen LogP contribution in [0.25, 0.3) is 0 Å².